The lowest BCUT2D eigenvalue weighted by molar-refractivity contribution is -0.144. The minimum Gasteiger partial charge on any atom is -0.480 e. The third-order valence-electron chi connectivity index (χ3n) is 4.36. The molecular weight excluding hydrogens is 296 g/mol. The van der Waals surface area contributed by atoms with E-state index in [9.17, 15) is 14.7 Å². The molecule has 2 aromatic rings. The fraction of sp³-hybridized carbons (Fsp3) is 0.375. The second-order valence-corrected chi connectivity index (χ2v) is 5.89. The highest BCUT2D eigenvalue weighted by Gasteiger charge is 2.42. The molecule has 0 saturated heterocycles. The number of hydrogen-bond donors (Lipinski definition) is 2. The molecule has 1 amide bonds. The van der Waals surface area contributed by atoms with Crippen LogP contribution in [-0.4, -0.2) is 37.3 Å². The Balaban J connectivity index is 1.84. The highest BCUT2D eigenvalue weighted by molar-refractivity contribution is 5.99. The van der Waals surface area contributed by atoms with E-state index in [1.54, 1.807) is 23.1 Å². The summed E-state index contributed by atoms with van der Waals surface area (Å²) in [4.78, 5) is 28.0. The normalized spacial score (nSPS) is 16.2. The van der Waals surface area contributed by atoms with Gasteiger partial charge in [0, 0.05) is 5.56 Å². The summed E-state index contributed by atoms with van der Waals surface area (Å²) in [6.07, 6.45) is 5.60. The number of rotatable bonds is 4. The van der Waals surface area contributed by atoms with Crippen molar-refractivity contribution in [3.63, 3.8) is 0 Å². The number of hydrogen-bond acceptors (Lipinski definition) is 4. The van der Waals surface area contributed by atoms with Gasteiger partial charge in [-0.1, -0.05) is 12.8 Å². The Morgan fingerprint density at radius 2 is 2.04 bits per heavy atom. The first kappa shape index (κ1) is 15.2. The molecule has 120 valence electrons. The molecule has 1 saturated carbocycles. The third-order valence-corrected chi connectivity index (χ3v) is 4.36. The van der Waals surface area contributed by atoms with Crippen LogP contribution in [0.4, 0.5) is 0 Å². The minimum absolute atomic E-state index is 0.350. The van der Waals surface area contributed by atoms with Gasteiger partial charge >= 0.3 is 5.97 Å². The first-order valence-corrected chi connectivity index (χ1v) is 7.53. The number of aromatic nitrogens is 3. The van der Waals surface area contributed by atoms with Gasteiger partial charge in [0.15, 0.2) is 0 Å². The molecule has 0 spiro atoms. The SMILES string of the molecule is Cc1cc(-n2cncn2)ccc1C(=O)NC1(C(=O)O)CCCC1. The van der Waals surface area contributed by atoms with Gasteiger partial charge in [0.25, 0.3) is 5.91 Å². The van der Waals surface area contributed by atoms with Crippen LogP contribution in [-0.2, 0) is 4.79 Å². The lowest BCUT2D eigenvalue weighted by atomic mass is 9.96. The highest BCUT2D eigenvalue weighted by Crippen LogP contribution is 2.30. The summed E-state index contributed by atoms with van der Waals surface area (Å²) < 4.78 is 1.60. The molecule has 1 fully saturated rings. The zero-order chi connectivity index (χ0) is 16.4. The van der Waals surface area contributed by atoms with Crippen LogP contribution in [0.15, 0.2) is 30.9 Å². The van der Waals surface area contributed by atoms with Crippen molar-refractivity contribution in [1.82, 2.24) is 20.1 Å². The number of carboxylic acids is 1. The van der Waals surface area contributed by atoms with Crippen molar-refractivity contribution in [2.75, 3.05) is 0 Å². The number of carbonyl (C=O) groups excluding carboxylic acids is 1. The Bertz CT molecular complexity index is 734. The number of aryl methyl sites for hydroxylation is 1. The first-order chi connectivity index (χ1) is 11.0. The number of nitrogens with one attached hydrogen (secondary N) is 1. The molecule has 1 aliphatic rings. The Morgan fingerprint density at radius 3 is 2.61 bits per heavy atom. The lowest BCUT2D eigenvalue weighted by Crippen LogP contribution is -2.52. The predicted molar refractivity (Wildman–Crippen MR) is 82.4 cm³/mol. The molecule has 7 heteroatoms. The Kier molecular flexibility index (Phi) is 3.85. The Hall–Kier alpha value is -2.70. The Morgan fingerprint density at radius 1 is 1.30 bits per heavy atom. The fourth-order valence-electron chi connectivity index (χ4n) is 3.04. The van der Waals surface area contributed by atoms with Gasteiger partial charge in [0.1, 0.15) is 18.2 Å². The first-order valence-electron chi connectivity index (χ1n) is 7.53. The van der Waals surface area contributed by atoms with Crippen LogP contribution < -0.4 is 5.32 Å². The van der Waals surface area contributed by atoms with Crippen molar-refractivity contribution in [3.05, 3.63) is 42.0 Å². The van der Waals surface area contributed by atoms with Gasteiger partial charge in [0.2, 0.25) is 0 Å². The summed E-state index contributed by atoms with van der Waals surface area (Å²) in [5, 5.41) is 16.2. The van der Waals surface area contributed by atoms with E-state index >= 15 is 0 Å². The van der Waals surface area contributed by atoms with Gasteiger partial charge in [-0.05, 0) is 43.5 Å². The summed E-state index contributed by atoms with van der Waals surface area (Å²) in [6, 6.07) is 5.27. The van der Waals surface area contributed by atoms with Crippen molar-refractivity contribution in [2.45, 2.75) is 38.1 Å². The number of aliphatic carboxylic acids is 1. The minimum atomic E-state index is -1.13. The molecule has 3 rings (SSSR count). The van der Waals surface area contributed by atoms with E-state index in [-0.39, 0.29) is 5.91 Å². The molecule has 0 aliphatic heterocycles. The monoisotopic (exact) mass is 314 g/mol. The van der Waals surface area contributed by atoms with Crippen LogP contribution in [0.25, 0.3) is 5.69 Å². The van der Waals surface area contributed by atoms with Crippen LogP contribution in [0, 0.1) is 6.92 Å². The molecular formula is C16H18N4O3. The summed E-state index contributed by atoms with van der Waals surface area (Å²) in [7, 11) is 0. The second kappa shape index (κ2) is 5.83. The van der Waals surface area contributed by atoms with Crippen molar-refractivity contribution in [1.29, 1.82) is 0 Å². The average molecular weight is 314 g/mol. The van der Waals surface area contributed by atoms with Gasteiger partial charge in [-0.25, -0.2) is 14.5 Å². The molecule has 0 radical (unpaired) electrons. The van der Waals surface area contributed by atoms with E-state index in [1.807, 2.05) is 13.0 Å². The second-order valence-electron chi connectivity index (χ2n) is 5.89. The van der Waals surface area contributed by atoms with Crippen molar-refractivity contribution < 1.29 is 14.7 Å². The number of carboxylic acid groups (broad SMARTS) is 1. The maximum atomic E-state index is 12.5. The molecule has 0 atom stereocenters. The summed E-state index contributed by atoms with van der Waals surface area (Å²) in [5.41, 5.74) is 0.898. The van der Waals surface area contributed by atoms with Crippen LogP contribution in [0.5, 0.6) is 0 Å². The molecule has 1 heterocycles. The van der Waals surface area contributed by atoms with Gasteiger partial charge in [-0.2, -0.15) is 5.10 Å². The molecule has 1 aromatic carbocycles. The van der Waals surface area contributed by atoms with Crippen LogP contribution in [0.2, 0.25) is 0 Å². The van der Waals surface area contributed by atoms with Crippen molar-refractivity contribution in [2.24, 2.45) is 0 Å². The van der Waals surface area contributed by atoms with E-state index < -0.39 is 11.5 Å². The number of carbonyl (C=O) groups is 2. The maximum Gasteiger partial charge on any atom is 0.329 e. The zero-order valence-corrected chi connectivity index (χ0v) is 12.8. The molecule has 2 N–H and O–H groups in total. The summed E-state index contributed by atoms with van der Waals surface area (Å²) >= 11 is 0. The van der Waals surface area contributed by atoms with Crippen LogP contribution in [0.1, 0.15) is 41.6 Å². The number of benzene rings is 1. The maximum absolute atomic E-state index is 12.5. The Labute approximate surface area is 133 Å². The molecule has 23 heavy (non-hydrogen) atoms. The molecule has 1 aliphatic carbocycles. The lowest BCUT2D eigenvalue weighted by Gasteiger charge is -2.25. The third kappa shape index (κ3) is 2.81. The highest BCUT2D eigenvalue weighted by atomic mass is 16.4. The largest absolute Gasteiger partial charge is 0.480 e. The molecule has 0 unspecified atom stereocenters. The van der Waals surface area contributed by atoms with Gasteiger partial charge in [-0.15, -0.1) is 0 Å². The van der Waals surface area contributed by atoms with E-state index in [1.165, 1.54) is 6.33 Å². The standard InChI is InChI=1S/C16H18N4O3/c1-11-8-12(20-10-17-9-18-20)4-5-13(11)14(21)19-16(15(22)23)6-2-3-7-16/h4-5,8-10H,2-3,6-7H2,1H3,(H,19,21)(H,22,23). The van der Waals surface area contributed by atoms with Crippen LogP contribution in [0.3, 0.4) is 0 Å². The predicted octanol–water partition coefficient (Wildman–Crippen LogP) is 1.70. The topological polar surface area (TPSA) is 97.1 Å². The van der Waals surface area contributed by atoms with Gasteiger partial charge < -0.3 is 10.4 Å². The van der Waals surface area contributed by atoms with E-state index in [2.05, 4.69) is 15.4 Å². The summed E-state index contributed by atoms with van der Waals surface area (Å²) in [5.74, 6) is -1.31. The van der Waals surface area contributed by atoms with Gasteiger partial charge in [-0.3, -0.25) is 4.79 Å². The number of amides is 1. The van der Waals surface area contributed by atoms with E-state index in [0.29, 0.717) is 18.4 Å². The molecule has 1 aromatic heterocycles. The average Bonchev–Trinajstić information content (AvgIpc) is 3.19. The quantitative estimate of drug-likeness (QED) is 0.895. The zero-order valence-electron chi connectivity index (χ0n) is 12.8. The smallest absolute Gasteiger partial charge is 0.329 e. The van der Waals surface area contributed by atoms with Crippen LogP contribution >= 0.6 is 0 Å². The van der Waals surface area contributed by atoms with Crippen molar-refractivity contribution >= 4 is 11.9 Å². The number of nitrogens with zero attached hydrogens (tertiary/aromatic N) is 3. The summed E-state index contributed by atoms with van der Waals surface area (Å²) in [6.45, 7) is 1.82. The van der Waals surface area contributed by atoms with Crippen molar-refractivity contribution in [3.8, 4) is 5.69 Å². The van der Waals surface area contributed by atoms with E-state index in [4.69, 9.17) is 0 Å². The fourth-order valence-corrected chi connectivity index (χ4v) is 3.04. The van der Waals surface area contributed by atoms with E-state index in [0.717, 1.165) is 24.1 Å². The molecule has 7 nitrogen and oxygen atoms in total. The van der Waals surface area contributed by atoms with Gasteiger partial charge in [0.05, 0.1) is 5.69 Å². The molecule has 0 bridgehead atoms.